The van der Waals surface area contributed by atoms with Crippen LogP contribution in [0.15, 0.2) is 5.38 Å². The molecule has 1 aromatic rings. The third-order valence-corrected chi connectivity index (χ3v) is 3.03. The highest BCUT2D eigenvalue weighted by Gasteiger charge is 2.43. The van der Waals surface area contributed by atoms with E-state index in [1.54, 1.807) is 12.3 Å². The molecule has 12 heavy (non-hydrogen) atoms. The molecule has 0 spiro atoms. The molecule has 1 heterocycles. The molecule has 1 aromatic heterocycles. The third-order valence-electron chi connectivity index (χ3n) is 1.11. The molecule has 7 heteroatoms. The molecular formula is C5H4Cl2N2O2S. The van der Waals surface area contributed by atoms with E-state index < -0.39 is 9.38 Å². The van der Waals surface area contributed by atoms with E-state index in [-0.39, 0.29) is 5.01 Å². The summed E-state index contributed by atoms with van der Waals surface area (Å²) in [6, 6.07) is 0. The van der Waals surface area contributed by atoms with Gasteiger partial charge in [-0.05, 0) is 30.1 Å². The summed E-state index contributed by atoms with van der Waals surface area (Å²) < 4.78 is -2.11. The maximum absolute atomic E-state index is 10.3. The van der Waals surface area contributed by atoms with Gasteiger partial charge in [0.15, 0.2) is 0 Å². The summed E-state index contributed by atoms with van der Waals surface area (Å²) in [4.78, 5) is 13.4. The Balaban J connectivity index is 3.05. The minimum atomic E-state index is -2.11. The fraction of sp³-hybridized carbons (Fsp3) is 0.400. The minimum Gasteiger partial charge on any atom is -0.261 e. The molecule has 0 atom stereocenters. The van der Waals surface area contributed by atoms with Crippen LogP contribution in [0.4, 0.5) is 0 Å². The molecule has 0 aliphatic rings. The van der Waals surface area contributed by atoms with Crippen LogP contribution in [-0.2, 0) is 4.46 Å². The standard InChI is InChI=1S/C5H4Cl2N2O2S/c1-3-2-12-4(8-3)5(6,7)9(10)11/h2H,1H3. The highest BCUT2D eigenvalue weighted by atomic mass is 35.5. The predicted octanol–water partition coefficient (Wildman–Crippen LogP) is 2.32. The Morgan fingerprint density at radius 3 is 2.67 bits per heavy atom. The molecule has 0 aromatic carbocycles. The van der Waals surface area contributed by atoms with Gasteiger partial charge in [0.05, 0.1) is 4.92 Å². The predicted molar refractivity (Wildman–Crippen MR) is 47.2 cm³/mol. The topological polar surface area (TPSA) is 56.0 Å². The highest BCUT2D eigenvalue weighted by molar-refractivity contribution is 7.10. The Morgan fingerprint density at radius 2 is 2.33 bits per heavy atom. The van der Waals surface area contributed by atoms with E-state index in [1.165, 1.54) is 0 Å². The van der Waals surface area contributed by atoms with Crippen LogP contribution in [0, 0.1) is 17.0 Å². The van der Waals surface area contributed by atoms with Gasteiger partial charge in [-0.25, -0.2) is 4.98 Å². The number of rotatable bonds is 2. The van der Waals surface area contributed by atoms with Gasteiger partial charge in [-0.1, -0.05) is 0 Å². The normalized spacial score (nSPS) is 11.6. The molecule has 0 saturated carbocycles. The van der Waals surface area contributed by atoms with Crippen LogP contribution in [0.2, 0.25) is 0 Å². The smallest absolute Gasteiger partial charge is 0.261 e. The van der Waals surface area contributed by atoms with Gasteiger partial charge in [-0.2, -0.15) is 0 Å². The molecule has 0 aliphatic carbocycles. The van der Waals surface area contributed by atoms with Gasteiger partial charge < -0.3 is 0 Å². The summed E-state index contributed by atoms with van der Waals surface area (Å²) >= 11 is 11.9. The summed E-state index contributed by atoms with van der Waals surface area (Å²) in [6.45, 7) is 1.71. The molecule has 0 unspecified atom stereocenters. The number of nitrogens with zero attached hydrogens (tertiary/aromatic N) is 2. The number of nitro groups is 1. The first kappa shape index (κ1) is 9.70. The van der Waals surface area contributed by atoms with Crippen LogP contribution in [0.1, 0.15) is 10.7 Å². The van der Waals surface area contributed by atoms with Crippen molar-refractivity contribution >= 4 is 34.5 Å². The Hall–Kier alpha value is -0.390. The first-order valence-electron chi connectivity index (χ1n) is 2.89. The largest absolute Gasteiger partial charge is 0.422 e. The van der Waals surface area contributed by atoms with Gasteiger partial charge in [0.25, 0.3) is 0 Å². The lowest BCUT2D eigenvalue weighted by Crippen LogP contribution is -2.21. The van der Waals surface area contributed by atoms with E-state index in [0.717, 1.165) is 11.3 Å². The first-order chi connectivity index (χ1) is 5.44. The Labute approximate surface area is 82.3 Å². The van der Waals surface area contributed by atoms with Crippen LogP contribution < -0.4 is 0 Å². The maximum Gasteiger partial charge on any atom is 0.422 e. The first-order valence-corrected chi connectivity index (χ1v) is 4.53. The molecule has 0 fully saturated rings. The van der Waals surface area contributed by atoms with Gasteiger partial charge in [0.1, 0.15) is 0 Å². The third kappa shape index (κ3) is 1.68. The van der Waals surface area contributed by atoms with Crippen molar-refractivity contribution in [1.29, 1.82) is 0 Å². The van der Waals surface area contributed by atoms with E-state index >= 15 is 0 Å². The average Bonchev–Trinajstić information content (AvgIpc) is 2.35. The number of halogens is 2. The number of hydrogen-bond acceptors (Lipinski definition) is 4. The van der Waals surface area contributed by atoms with Crippen molar-refractivity contribution in [2.75, 3.05) is 0 Å². The maximum atomic E-state index is 10.3. The molecule has 0 bridgehead atoms. The fourth-order valence-electron chi connectivity index (χ4n) is 0.570. The van der Waals surface area contributed by atoms with Crippen molar-refractivity contribution in [3.05, 3.63) is 26.2 Å². The van der Waals surface area contributed by atoms with Gasteiger partial charge >= 0.3 is 4.46 Å². The zero-order valence-electron chi connectivity index (χ0n) is 5.95. The summed E-state index contributed by atoms with van der Waals surface area (Å²) in [5.41, 5.74) is 0.669. The summed E-state index contributed by atoms with van der Waals surface area (Å²) in [6.07, 6.45) is 0. The molecule has 66 valence electrons. The molecule has 1 rings (SSSR count). The monoisotopic (exact) mass is 226 g/mol. The van der Waals surface area contributed by atoms with Crippen molar-refractivity contribution in [3.63, 3.8) is 0 Å². The lowest BCUT2D eigenvalue weighted by molar-refractivity contribution is -0.522. The quantitative estimate of drug-likeness (QED) is 0.337. The van der Waals surface area contributed by atoms with Crippen LogP contribution in [0.5, 0.6) is 0 Å². The summed E-state index contributed by atoms with van der Waals surface area (Å²) in [7, 11) is 0. The number of hydrogen-bond donors (Lipinski definition) is 0. The van der Waals surface area contributed by atoms with Gasteiger partial charge in [-0.3, -0.25) is 10.1 Å². The Bertz CT molecular complexity index is 312. The van der Waals surface area contributed by atoms with Crippen LogP contribution in [0.3, 0.4) is 0 Å². The number of alkyl halides is 2. The zero-order chi connectivity index (χ0) is 9.35. The second-order valence-corrected chi connectivity index (χ2v) is 4.24. The van der Waals surface area contributed by atoms with Crippen LogP contribution >= 0.6 is 34.5 Å². The summed E-state index contributed by atoms with van der Waals surface area (Å²) in [5.74, 6) is 0. The van der Waals surface area contributed by atoms with Crippen molar-refractivity contribution < 1.29 is 4.92 Å². The van der Waals surface area contributed by atoms with Gasteiger partial charge in [0.2, 0.25) is 5.01 Å². The fourth-order valence-corrected chi connectivity index (χ4v) is 1.67. The molecule has 0 saturated heterocycles. The molecule has 4 nitrogen and oxygen atoms in total. The van der Waals surface area contributed by atoms with E-state index in [2.05, 4.69) is 4.98 Å². The zero-order valence-corrected chi connectivity index (χ0v) is 8.28. The lowest BCUT2D eigenvalue weighted by Gasteiger charge is -2.05. The van der Waals surface area contributed by atoms with Crippen molar-refractivity contribution in [3.8, 4) is 0 Å². The second kappa shape index (κ2) is 3.16. The SMILES string of the molecule is Cc1csc(C(Cl)(Cl)[N+](=O)[O-])n1. The number of thiazole rings is 1. The van der Waals surface area contributed by atoms with Crippen molar-refractivity contribution in [2.45, 2.75) is 11.4 Å². The molecule has 0 N–H and O–H groups in total. The average molecular weight is 227 g/mol. The van der Waals surface area contributed by atoms with Gasteiger partial charge in [-0.15, -0.1) is 11.3 Å². The van der Waals surface area contributed by atoms with Crippen LogP contribution in [-0.4, -0.2) is 9.91 Å². The lowest BCUT2D eigenvalue weighted by atomic mass is 10.6. The van der Waals surface area contributed by atoms with E-state index in [9.17, 15) is 10.1 Å². The Morgan fingerprint density at radius 1 is 1.75 bits per heavy atom. The van der Waals surface area contributed by atoms with E-state index in [4.69, 9.17) is 23.2 Å². The second-order valence-electron chi connectivity index (χ2n) is 2.09. The van der Waals surface area contributed by atoms with E-state index in [1.807, 2.05) is 0 Å². The molecule has 0 amide bonds. The highest BCUT2D eigenvalue weighted by Crippen LogP contribution is 2.35. The number of aromatic nitrogens is 1. The Kier molecular flexibility index (Phi) is 2.55. The molecular weight excluding hydrogens is 223 g/mol. The molecule has 0 radical (unpaired) electrons. The number of aryl methyl sites for hydroxylation is 1. The van der Waals surface area contributed by atoms with E-state index in [0.29, 0.717) is 5.69 Å². The van der Waals surface area contributed by atoms with Crippen molar-refractivity contribution in [2.24, 2.45) is 0 Å². The van der Waals surface area contributed by atoms with Crippen molar-refractivity contribution in [1.82, 2.24) is 4.98 Å². The van der Waals surface area contributed by atoms with Crippen LogP contribution in [0.25, 0.3) is 0 Å². The summed E-state index contributed by atoms with van der Waals surface area (Å²) in [5, 5.41) is 12.1. The van der Waals surface area contributed by atoms with Gasteiger partial charge in [0, 0.05) is 11.1 Å². The minimum absolute atomic E-state index is 0.0910. The molecule has 0 aliphatic heterocycles.